The second-order valence-corrected chi connectivity index (χ2v) is 4.24. The number of carbonyl (C=O) groups is 1. The van der Waals surface area contributed by atoms with Crippen LogP contribution >= 0.6 is 11.6 Å². The molecule has 0 radical (unpaired) electrons. The van der Waals surface area contributed by atoms with Gasteiger partial charge in [-0.1, -0.05) is 11.6 Å². The fourth-order valence-electron chi connectivity index (χ4n) is 1.77. The molecule has 16 heavy (non-hydrogen) atoms. The Hall–Kier alpha value is -1.13. The first-order chi connectivity index (χ1) is 7.75. The summed E-state index contributed by atoms with van der Waals surface area (Å²) in [6.45, 7) is 1.43. The SMILES string of the molecule is O=C(NCc1ccnc(Cl)c1)C1CCCN1. The Bertz CT molecular complexity index is 377. The molecule has 1 unspecified atom stereocenters. The van der Waals surface area contributed by atoms with E-state index >= 15 is 0 Å². The van der Waals surface area contributed by atoms with Crippen LogP contribution in [0.5, 0.6) is 0 Å². The number of nitrogens with one attached hydrogen (secondary N) is 2. The Morgan fingerprint density at radius 2 is 2.56 bits per heavy atom. The van der Waals surface area contributed by atoms with E-state index in [9.17, 15) is 4.79 Å². The molecule has 5 heteroatoms. The first-order valence-electron chi connectivity index (χ1n) is 5.37. The number of amides is 1. The Morgan fingerprint density at radius 1 is 1.69 bits per heavy atom. The molecule has 1 fully saturated rings. The Morgan fingerprint density at radius 3 is 3.25 bits per heavy atom. The molecule has 1 aliphatic heterocycles. The highest BCUT2D eigenvalue weighted by atomic mass is 35.5. The van der Waals surface area contributed by atoms with Gasteiger partial charge in [-0.15, -0.1) is 0 Å². The molecule has 2 heterocycles. The molecule has 1 amide bonds. The molecular formula is C11H14ClN3O. The fourth-order valence-corrected chi connectivity index (χ4v) is 1.97. The lowest BCUT2D eigenvalue weighted by Gasteiger charge is -2.10. The maximum atomic E-state index is 11.7. The highest BCUT2D eigenvalue weighted by Crippen LogP contribution is 2.08. The van der Waals surface area contributed by atoms with Gasteiger partial charge in [0.1, 0.15) is 5.15 Å². The van der Waals surface area contributed by atoms with Crippen LogP contribution in [0, 0.1) is 0 Å². The second-order valence-electron chi connectivity index (χ2n) is 3.85. The number of hydrogen-bond donors (Lipinski definition) is 2. The first kappa shape index (κ1) is 11.4. The lowest BCUT2D eigenvalue weighted by molar-refractivity contribution is -0.122. The summed E-state index contributed by atoms with van der Waals surface area (Å²) in [5.74, 6) is 0.0606. The van der Waals surface area contributed by atoms with Crippen molar-refractivity contribution < 1.29 is 4.79 Å². The average Bonchev–Trinajstić information content (AvgIpc) is 2.79. The van der Waals surface area contributed by atoms with Crippen molar-refractivity contribution in [2.75, 3.05) is 6.54 Å². The zero-order valence-corrected chi connectivity index (χ0v) is 9.63. The summed E-state index contributed by atoms with van der Waals surface area (Å²) in [6.07, 6.45) is 3.62. The number of carbonyl (C=O) groups excluding carboxylic acids is 1. The minimum Gasteiger partial charge on any atom is -0.351 e. The summed E-state index contributed by atoms with van der Waals surface area (Å²) >= 11 is 5.75. The van der Waals surface area contributed by atoms with Crippen LogP contribution in [0.25, 0.3) is 0 Å². The van der Waals surface area contributed by atoms with Crippen LogP contribution in [0.1, 0.15) is 18.4 Å². The second kappa shape index (κ2) is 5.27. The van der Waals surface area contributed by atoms with Gasteiger partial charge in [-0.2, -0.15) is 0 Å². The standard InChI is InChI=1S/C11H14ClN3O/c12-10-6-8(3-5-14-10)7-15-11(16)9-2-1-4-13-9/h3,5-6,9,13H,1-2,4,7H2,(H,15,16). The van der Waals surface area contributed by atoms with Gasteiger partial charge in [0.25, 0.3) is 0 Å². The maximum absolute atomic E-state index is 11.7. The van der Waals surface area contributed by atoms with Crippen LogP contribution in [0.3, 0.4) is 0 Å². The topological polar surface area (TPSA) is 54.0 Å². The van der Waals surface area contributed by atoms with Crippen molar-refractivity contribution in [1.29, 1.82) is 0 Å². The van der Waals surface area contributed by atoms with Crippen molar-refractivity contribution in [1.82, 2.24) is 15.6 Å². The quantitative estimate of drug-likeness (QED) is 0.777. The van der Waals surface area contributed by atoms with Gasteiger partial charge in [0, 0.05) is 12.7 Å². The summed E-state index contributed by atoms with van der Waals surface area (Å²) in [7, 11) is 0. The molecule has 0 saturated carbocycles. The number of pyridine rings is 1. The maximum Gasteiger partial charge on any atom is 0.237 e. The molecule has 0 aromatic carbocycles. The molecule has 1 atom stereocenters. The molecule has 0 spiro atoms. The van der Waals surface area contributed by atoms with E-state index in [0.29, 0.717) is 11.7 Å². The van der Waals surface area contributed by atoms with Crippen molar-refractivity contribution >= 4 is 17.5 Å². The highest BCUT2D eigenvalue weighted by molar-refractivity contribution is 6.29. The van der Waals surface area contributed by atoms with Gasteiger partial charge >= 0.3 is 0 Å². The summed E-state index contributed by atoms with van der Waals surface area (Å²) in [5, 5.41) is 6.48. The molecule has 1 saturated heterocycles. The summed E-state index contributed by atoms with van der Waals surface area (Å²) in [5.41, 5.74) is 0.964. The van der Waals surface area contributed by atoms with Crippen molar-refractivity contribution in [2.45, 2.75) is 25.4 Å². The van der Waals surface area contributed by atoms with Crippen molar-refractivity contribution in [3.63, 3.8) is 0 Å². The Kier molecular flexibility index (Phi) is 3.74. The molecular weight excluding hydrogens is 226 g/mol. The van der Waals surface area contributed by atoms with E-state index in [0.717, 1.165) is 24.9 Å². The number of rotatable bonds is 3. The van der Waals surface area contributed by atoms with E-state index in [1.165, 1.54) is 0 Å². The average molecular weight is 240 g/mol. The van der Waals surface area contributed by atoms with E-state index in [4.69, 9.17) is 11.6 Å². The largest absolute Gasteiger partial charge is 0.351 e. The first-order valence-corrected chi connectivity index (χ1v) is 5.75. The fraction of sp³-hybridized carbons (Fsp3) is 0.455. The van der Waals surface area contributed by atoms with Gasteiger partial charge in [0.05, 0.1) is 6.04 Å². The van der Waals surface area contributed by atoms with E-state index in [2.05, 4.69) is 15.6 Å². The van der Waals surface area contributed by atoms with Crippen LogP contribution in [-0.2, 0) is 11.3 Å². The third-order valence-electron chi connectivity index (χ3n) is 2.63. The van der Waals surface area contributed by atoms with Gasteiger partial charge in [0.15, 0.2) is 0 Å². The van der Waals surface area contributed by atoms with Crippen molar-refractivity contribution in [2.24, 2.45) is 0 Å². The molecule has 0 bridgehead atoms. The van der Waals surface area contributed by atoms with Crippen LogP contribution in [0.4, 0.5) is 0 Å². The Labute approximate surface area is 99.4 Å². The predicted octanol–water partition coefficient (Wildman–Crippen LogP) is 1.10. The predicted molar refractivity (Wildman–Crippen MR) is 62.1 cm³/mol. The zero-order valence-electron chi connectivity index (χ0n) is 8.87. The summed E-state index contributed by atoms with van der Waals surface area (Å²) < 4.78 is 0. The molecule has 0 aliphatic carbocycles. The third kappa shape index (κ3) is 2.93. The monoisotopic (exact) mass is 239 g/mol. The van der Waals surface area contributed by atoms with Gasteiger partial charge < -0.3 is 10.6 Å². The number of hydrogen-bond acceptors (Lipinski definition) is 3. The van der Waals surface area contributed by atoms with E-state index in [1.54, 1.807) is 12.3 Å². The van der Waals surface area contributed by atoms with Gasteiger partial charge in [-0.25, -0.2) is 4.98 Å². The van der Waals surface area contributed by atoms with Crippen LogP contribution in [0.15, 0.2) is 18.3 Å². The molecule has 1 aromatic rings. The molecule has 1 aromatic heterocycles. The Balaban J connectivity index is 1.84. The number of halogens is 1. The lowest BCUT2D eigenvalue weighted by Crippen LogP contribution is -2.39. The lowest BCUT2D eigenvalue weighted by atomic mass is 10.2. The zero-order chi connectivity index (χ0) is 11.4. The molecule has 2 rings (SSSR count). The van der Waals surface area contributed by atoms with Gasteiger partial charge in [-0.05, 0) is 37.1 Å². The van der Waals surface area contributed by atoms with Crippen LogP contribution < -0.4 is 10.6 Å². The third-order valence-corrected chi connectivity index (χ3v) is 2.84. The molecule has 4 nitrogen and oxygen atoms in total. The van der Waals surface area contributed by atoms with Crippen LogP contribution in [-0.4, -0.2) is 23.5 Å². The van der Waals surface area contributed by atoms with E-state index in [-0.39, 0.29) is 11.9 Å². The normalized spacial score (nSPS) is 19.7. The molecule has 1 aliphatic rings. The van der Waals surface area contributed by atoms with Gasteiger partial charge in [-0.3, -0.25) is 4.79 Å². The van der Waals surface area contributed by atoms with Crippen molar-refractivity contribution in [3.05, 3.63) is 29.0 Å². The van der Waals surface area contributed by atoms with E-state index < -0.39 is 0 Å². The smallest absolute Gasteiger partial charge is 0.237 e. The van der Waals surface area contributed by atoms with E-state index in [1.807, 2.05) is 6.07 Å². The summed E-state index contributed by atoms with van der Waals surface area (Å²) in [6, 6.07) is 3.57. The minimum absolute atomic E-state index is 0.0303. The van der Waals surface area contributed by atoms with Crippen molar-refractivity contribution in [3.8, 4) is 0 Å². The summed E-state index contributed by atoms with van der Waals surface area (Å²) in [4.78, 5) is 15.6. The van der Waals surface area contributed by atoms with Gasteiger partial charge in [0.2, 0.25) is 5.91 Å². The highest BCUT2D eigenvalue weighted by Gasteiger charge is 2.21. The molecule has 86 valence electrons. The number of aromatic nitrogens is 1. The van der Waals surface area contributed by atoms with Crippen LogP contribution in [0.2, 0.25) is 5.15 Å². The molecule has 2 N–H and O–H groups in total. The minimum atomic E-state index is -0.0303. The number of nitrogens with zero attached hydrogens (tertiary/aromatic N) is 1.